The Bertz CT molecular complexity index is 1310. The third-order valence-corrected chi connectivity index (χ3v) is 6.50. The van der Waals surface area contributed by atoms with E-state index in [0.29, 0.717) is 59.6 Å². The fourth-order valence-corrected chi connectivity index (χ4v) is 4.44. The van der Waals surface area contributed by atoms with Gasteiger partial charge < -0.3 is 19.2 Å². The van der Waals surface area contributed by atoms with Crippen molar-refractivity contribution in [3.05, 3.63) is 83.0 Å². The maximum atomic E-state index is 13.4. The number of rotatable bonds is 6. The molecule has 4 heterocycles. The highest BCUT2D eigenvalue weighted by Crippen LogP contribution is 2.34. The fourth-order valence-electron chi connectivity index (χ4n) is 4.31. The molecule has 5 rings (SSSR count). The molecule has 35 heavy (non-hydrogen) atoms. The number of hydrogen-bond donors (Lipinski definition) is 1. The molecular weight excluding hydrogens is 470 g/mol. The van der Waals surface area contributed by atoms with Crippen molar-refractivity contribution in [1.29, 1.82) is 0 Å². The van der Waals surface area contributed by atoms with Gasteiger partial charge in [-0.05, 0) is 48.7 Å². The van der Waals surface area contributed by atoms with E-state index >= 15 is 0 Å². The predicted molar refractivity (Wildman–Crippen MR) is 128 cm³/mol. The van der Waals surface area contributed by atoms with E-state index in [0.717, 1.165) is 5.56 Å². The van der Waals surface area contributed by atoms with Crippen LogP contribution in [0.5, 0.6) is 0 Å². The molecule has 1 amide bonds. The number of likely N-dealkylation sites (tertiary alicyclic amines) is 1. The number of aliphatic hydroxyl groups is 1. The van der Waals surface area contributed by atoms with Crippen molar-refractivity contribution in [2.24, 2.45) is 0 Å². The molecule has 0 bridgehead atoms. The number of furan rings is 1. The van der Waals surface area contributed by atoms with Gasteiger partial charge in [0.2, 0.25) is 0 Å². The predicted octanol–water partition coefficient (Wildman–Crippen LogP) is 3.85. The summed E-state index contributed by atoms with van der Waals surface area (Å²) in [5.74, 6) is 0.733. The minimum Gasteiger partial charge on any atom is -0.463 e. The molecule has 0 atom stereocenters. The highest BCUT2D eigenvalue weighted by molar-refractivity contribution is 6.30. The standard InChI is InChI=1S/C25H24ClN5O4/c1-34-16-21-19(15-28-31(21)24-27-11-8-20(29-24)22-3-2-14-35-22)23(32)30-12-9-25(33,10-13-30)17-4-6-18(26)7-5-17/h2-8,11,14-15,33H,9-10,12-13,16H2,1H3. The van der Waals surface area contributed by atoms with Crippen LogP contribution >= 0.6 is 11.6 Å². The zero-order valence-corrected chi connectivity index (χ0v) is 19.9. The second kappa shape index (κ2) is 9.61. The fraction of sp³-hybridized carbons (Fsp3) is 0.280. The SMILES string of the molecule is COCc1c(C(=O)N2CCC(O)(c3ccc(Cl)cc3)CC2)cnn1-c1nccc(-c2ccco2)n1. The molecule has 0 aliphatic carbocycles. The molecule has 0 radical (unpaired) electrons. The van der Waals surface area contributed by atoms with Gasteiger partial charge in [-0.1, -0.05) is 23.7 Å². The Labute approximate surface area is 206 Å². The van der Waals surface area contributed by atoms with Crippen molar-refractivity contribution in [1.82, 2.24) is 24.6 Å². The van der Waals surface area contributed by atoms with Gasteiger partial charge in [0, 0.05) is 31.4 Å². The summed E-state index contributed by atoms with van der Waals surface area (Å²) in [7, 11) is 1.55. The average molecular weight is 494 g/mol. The molecule has 10 heteroatoms. The third-order valence-electron chi connectivity index (χ3n) is 6.25. The summed E-state index contributed by atoms with van der Waals surface area (Å²) in [5, 5.41) is 16.2. The Kier molecular flexibility index (Phi) is 6.38. The first kappa shape index (κ1) is 23.2. The number of aromatic nitrogens is 4. The number of halogens is 1. The van der Waals surface area contributed by atoms with E-state index in [2.05, 4.69) is 15.1 Å². The van der Waals surface area contributed by atoms with Gasteiger partial charge in [0.25, 0.3) is 11.9 Å². The second-order valence-corrected chi connectivity index (χ2v) is 8.84. The molecule has 1 saturated heterocycles. The van der Waals surface area contributed by atoms with Crippen LogP contribution in [0.2, 0.25) is 5.02 Å². The number of carbonyl (C=O) groups excluding carboxylic acids is 1. The highest BCUT2D eigenvalue weighted by atomic mass is 35.5. The van der Waals surface area contributed by atoms with E-state index in [1.165, 1.54) is 10.9 Å². The number of nitrogens with zero attached hydrogens (tertiary/aromatic N) is 5. The number of carbonyl (C=O) groups is 1. The summed E-state index contributed by atoms with van der Waals surface area (Å²) in [5.41, 5.74) is 1.37. The van der Waals surface area contributed by atoms with E-state index < -0.39 is 5.60 Å². The molecular formula is C25H24ClN5O4. The van der Waals surface area contributed by atoms with Crippen LogP contribution < -0.4 is 0 Å². The topological polar surface area (TPSA) is 107 Å². The largest absolute Gasteiger partial charge is 0.463 e. The van der Waals surface area contributed by atoms with Crippen molar-refractivity contribution in [2.75, 3.05) is 20.2 Å². The minimum absolute atomic E-state index is 0.151. The zero-order chi connectivity index (χ0) is 24.4. The molecule has 0 unspecified atom stereocenters. The maximum Gasteiger partial charge on any atom is 0.257 e. The van der Waals surface area contributed by atoms with Crippen LogP contribution in [0, 0.1) is 0 Å². The number of ether oxygens (including phenoxy) is 1. The molecule has 9 nitrogen and oxygen atoms in total. The molecule has 1 fully saturated rings. The Balaban J connectivity index is 1.38. The van der Waals surface area contributed by atoms with Gasteiger partial charge in [0.05, 0.1) is 35.9 Å². The van der Waals surface area contributed by atoms with Crippen molar-refractivity contribution in [2.45, 2.75) is 25.0 Å². The summed E-state index contributed by atoms with van der Waals surface area (Å²) in [6, 6.07) is 12.5. The Morgan fingerprint density at radius 2 is 1.97 bits per heavy atom. The lowest BCUT2D eigenvalue weighted by Crippen LogP contribution is -2.45. The summed E-state index contributed by atoms with van der Waals surface area (Å²) < 4.78 is 12.3. The van der Waals surface area contributed by atoms with E-state index in [1.54, 1.807) is 48.7 Å². The van der Waals surface area contributed by atoms with Crippen LogP contribution in [-0.4, -0.2) is 55.9 Å². The van der Waals surface area contributed by atoms with Crippen LogP contribution in [0.4, 0.5) is 0 Å². The molecule has 180 valence electrons. The minimum atomic E-state index is -0.999. The quantitative estimate of drug-likeness (QED) is 0.435. The molecule has 1 aromatic carbocycles. The van der Waals surface area contributed by atoms with Gasteiger partial charge >= 0.3 is 0 Å². The lowest BCUT2D eigenvalue weighted by Gasteiger charge is -2.38. The summed E-state index contributed by atoms with van der Waals surface area (Å²) in [6.07, 6.45) is 5.54. The van der Waals surface area contributed by atoms with Crippen LogP contribution in [0.1, 0.15) is 34.5 Å². The van der Waals surface area contributed by atoms with E-state index in [4.69, 9.17) is 20.8 Å². The Morgan fingerprint density at radius 3 is 2.66 bits per heavy atom. The van der Waals surface area contributed by atoms with Crippen molar-refractivity contribution in [3.63, 3.8) is 0 Å². The number of methoxy groups -OCH3 is 1. The van der Waals surface area contributed by atoms with Crippen LogP contribution in [0.15, 0.2) is 65.5 Å². The van der Waals surface area contributed by atoms with Crippen LogP contribution in [-0.2, 0) is 16.9 Å². The number of hydrogen-bond acceptors (Lipinski definition) is 7. The molecule has 0 saturated carbocycles. The van der Waals surface area contributed by atoms with E-state index in [9.17, 15) is 9.90 Å². The lowest BCUT2D eigenvalue weighted by atomic mass is 9.84. The average Bonchev–Trinajstić information content (AvgIpc) is 3.56. The number of amides is 1. The molecule has 3 aromatic heterocycles. The van der Waals surface area contributed by atoms with Gasteiger partial charge in [-0.15, -0.1) is 0 Å². The Morgan fingerprint density at radius 1 is 1.20 bits per heavy atom. The van der Waals surface area contributed by atoms with Gasteiger partial charge in [0.15, 0.2) is 5.76 Å². The first-order valence-corrected chi connectivity index (χ1v) is 11.6. The number of benzene rings is 1. The van der Waals surface area contributed by atoms with Crippen molar-refractivity contribution in [3.8, 4) is 17.4 Å². The normalized spacial score (nSPS) is 15.3. The van der Waals surface area contributed by atoms with Crippen molar-refractivity contribution >= 4 is 17.5 Å². The van der Waals surface area contributed by atoms with Crippen molar-refractivity contribution < 1.29 is 19.1 Å². The molecule has 1 N–H and O–H groups in total. The maximum absolute atomic E-state index is 13.4. The zero-order valence-electron chi connectivity index (χ0n) is 19.1. The van der Waals surface area contributed by atoms with Gasteiger partial charge in [-0.25, -0.2) is 9.97 Å². The summed E-state index contributed by atoms with van der Waals surface area (Å²) in [4.78, 5) is 24.1. The number of piperidine rings is 1. The highest BCUT2D eigenvalue weighted by Gasteiger charge is 2.36. The third kappa shape index (κ3) is 4.58. The smallest absolute Gasteiger partial charge is 0.257 e. The molecule has 1 aliphatic rings. The molecule has 4 aromatic rings. The van der Waals surface area contributed by atoms with Crippen LogP contribution in [0.3, 0.4) is 0 Å². The molecule has 0 spiro atoms. The summed E-state index contributed by atoms with van der Waals surface area (Å²) >= 11 is 5.98. The van der Waals surface area contributed by atoms with Gasteiger partial charge in [-0.3, -0.25) is 4.79 Å². The summed E-state index contributed by atoms with van der Waals surface area (Å²) in [6.45, 7) is 0.956. The van der Waals surface area contributed by atoms with Gasteiger partial charge in [-0.2, -0.15) is 9.78 Å². The monoisotopic (exact) mass is 493 g/mol. The van der Waals surface area contributed by atoms with E-state index in [-0.39, 0.29) is 12.5 Å². The van der Waals surface area contributed by atoms with Gasteiger partial charge in [0.1, 0.15) is 5.69 Å². The first-order chi connectivity index (χ1) is 17.0. The van der Waals surface area contributed by atoms with Crippen LogP contribution in [0.25, 0.3) is 17.4 Å². The molecule has 1 aliphatic heterocycles. The Hall–Kier alpha value is -3.53. The first-order valence-electron chi connectivity index (χ1n) is 11.2. The second-order valence-electron chi connectivity index (χ2n) is 8.40. The lowest BCUT2D eigenvalue weighted by molar-refractivity contribution is -0.0212. The van der Waals surface area contributed by atoms with E-state index in [1.807, 2.05) is 18.2 Å².